The van der Waals surface area contributed by atoms with Crippen molar-refractivity contribution < 1.29 is 63.0 Å². The number of rotatable bonds is 33. The molecule has 0 aliphatic carbocycles. The van der Waals surface area contributed by atoms with E-state index in [0.717, 1.165) is 0 Å². The lowest BCUT2D eigenvalue weighted by Crippen LogP contribution is -2.61. The first-order valence-corrected chi connectivity index (χ1v) is 25.6. The number of carbonyl (C=O) groups excluding carboxylic acids is 9. The molecule has 0 spiro atoms. The molecule has 1 saturated heterocycles. The Morgan fingerprint density at radius 3 is 1.86 bits per heavy atom. The molecular weight excluding hydrogens is 959 g/mol. The highest BCUT2D eigenvalue weighted by Crippen LogP contribution is 2.21. The zero-order chi connectivity index (χ0) is 54.1. The predicted molar refractivity (Wildman–Crippen MR) is 266 cm³/mol. The Kier molecular flexibility index (Phi) is 27.4. The molecule has 0 aromatic heterocycles. The number of nitrogens with two attached hydrogens (primary N) is 3. The van der Waals surface area contributed by atoms with Crippen molar-refractivity contribution in [2.24, 2.45) is 29.0 Å². The maximum absolute atomic E-state index is 14.5. The summed E-state index contributed by atoms with van der Waals surface area (Å²) >= 11 is 1.43. The second kappa shape index (κ2) is 31.9. The Morgan fingerprint density at radius 2 is 1.29 bits per heavy atom. The Balaban J connectivity index is 2.44. The van der Waals surface area contributed by atoms with Gasteiger partial charge in [-0.3, -0.25) is 47.9 Å². The van der Waals surface area contributed by atoms with Gasteiger partial charge in [0.1, 0.15) is 48.3 Å². The SMILES string of the molecule is CC[C@H](C)[C@H](NC(=O)[C@H](CC(N)=O)NC(=O)[C@H](Cc1ccccc1)NC(=O)[C@@H]1CCCN1C(=O)[C@H](CCCCN)NC(=O)[C@H](CCC(=O)O)NC(=O)[C@@H](NC(=O)[C@H](CCSC)NC(=O)CN)C(C)C)C(=O)O. The molecule has 25 heteroatoms. The van der Waals surface area contributed by atoms with Crippen molar-refractivity contribution in [3.05, 3.63) is 35.9 Å². The summed E-state index contributed by atoms with van der Waals surface area (Å²) in [5.41, 5.74) is 17.2. The third-order valence-corrected chi connectivity index (χ3v) is 12.7. The first-order valence-electron chi connectivity index (χ1n) is 24.2. The number of thioether (sulfide) groups is 1. The molecule has 0 bridgehead atoms. The van der Waals surface area contributed by atoms with E-state index >= 15 is 0 Å². The second-order valence-electron chi connectivity index (χ2n) is 18.1. The van der Waals surface area contributed by atoms with E-state index in [1.807, 2.05) is 6.26 Å². The summed E-state index contributed by atoms with van der Waals surface area (Å²) in [7, 11) is 0. The van der Waals surface area contributed by atoms with E-state index in [9.17, 15) is 63.0 Å². The van der Waals surface area contributed by atoms with Gasteiger partial charge in [0.15, 0.2) is 0 Å². The van der Waals surface area contributed by atoms with Crippen LogP contribution in [0.5, 0.6) is 0 Å². The molecule has 1 aromatic rings. The van der Waals surface area contributed by atoms with Gasteiger partial charge in [-0.1, -0.05) is 64.4 Å². The Morgan fingerprint density at radius 1 is 0.708 bits per heavy atom. The van der Waals surface area contributed by atoms with Crippen molar-refractivity contribution in [2.75, 3.05) is 31.6 Å². The zero-order valence-electron chi connectivity index (χ0n) is 41.7. The minimum Gasteiger partial charge on any atom is -0.481 e. The van der Waals surface area contributed by atoms with Crippen LogP contribution in [0.2, 0.25) is 0 Å². The van der Waals surface area contributed by atoms with Crippen LogP contribution in [-0.2, 0) is 59.2 Å². The van der Waals surface area contributed by atoms with Crippen molar-refractivity contribution in [3.8, 4) is 0 Å². The molecule has 1 aliphatic rings. The number of hydrogen-bond acceptors (Lipinski definition) is 14. The third kappa shape index (κ3) is 20.8. The van der Waals surface area contributed by atoms with E-state index < -0.39 is 145 Å². The molecule has 1 aromatic carbocycles. The fraction of sp³-hybridized carbons (Fsp3) is 0.638. The van der Waals surface area contributed by atoms with Crippen LogP contribution in [0.4, 0.5) is 0 Å². The molecule has 402 valence electrons. The van der Waals surface area contributed by atoms with Gasteiger partial charge in [-0.25, -0.2) is 4.79 Å². The maximum atomic E-state index is 14.5. The molecule has 15 N–H and O–H groups in total. The van der Waals surface area contributed by atoms with Gasteiger partial charge in [-0.15, -0.1) is 0 Å². The number of carbonyl (C=O) groups is 11. The van der Waals surface area contributed by atoms with Crippen molar-refractivity contribution in [1.82, 2.24) is 42.1 Å². The molecule has 0 unspecified atom stereocenters. The summed E-state index contributed by atoms with van der Waals surface area (Å²) in [5.74, 6) is -10.6. The Labute approximate surface area is 424 Å². The molecule has 1 aliphatic heterocycles. The van der Waals surface area contributed by atoms with E-state index in [-0.39, 0.29) is 45.3 Å². The number of carboxylic acids is 2. The summed E-state index contributed by atoms with van der Waals surface area (Å²) in [4.78, 5) is 147. The second-order valence-corrected chi connectivity index (χ2v) is 19.0. The first kappa shape index (κ1) is 61.8. The largest absolute Gasteiger partial charge is 0.481 e. The van der Waals surface area contributed by atoms with Gasteiger partial charge in [0.05, 0.1) is 13.0 Å². The molecule has 2 rings (SSSR count). The fourth-order valence-electron chi connectivity index (χ4n) is 7.82. The first-order chi connectivity index (χ1) is 34.1. The highest BCUT2D eigenvalue weighted by atomic mass is 32.2. The fourth-order valence-corrected chi connectivity index (χ4v) is 8.29. The standard InChI is InChI=1S/C47H75N11O13S/c1-6-27(4)39(47(70)71)57-43(66)33(24-35(50)59)54-42(65)32(23-28-13-8-7-9-14-28)55-44(67)34-16-12-21-58(34)46(69)31(15-10-11-20-48)53-40(63)29(17-18-37(61)62)52-45(68)38(26(2)3)56-41(64)30(19-22-72-5)51-36(60)25-49/h7-9,13-14,26-27,29-34,38-39H,6,10-12,15-25,48-49H2,1-5H3,(H2,50,59)(H,51,60)(H,52,68)(H,53,63)(H,54,65)(H,55,67)(H,56,64)(H,57,66)(H,61,62)(H,70,71)/t27-,29-,30-,31-,32-,33-,34-,38-,39-/m0/s1. The van der Waals surface area contributed by atoms with Crippen molar-refractivity contribution in [2.45, 2.75) is 147 Å². The van der Waals surface area contributed by atoms with Crippen LogP contribution in [0.3, 0.4) is 0 Å². The Hall–Kier alpha value is -6.34. The lowest BCUT2D eigenvalue weighted by molar-refractivity contribution is -0.144. The lowest BCUT2D eigenvalue weighted by atomic mass is 9.98. The highest BCUT2D eigenvalue weighted by molar-refractivity contribution is 7.98. The van der Waals surface area contributed by atoms with Crippen molar-refractivity contribution >= 4 is 76.9 Å². The average molecular weight is 1030 g/mol. The Bertz CT molecular complexity index is 2030. The van der Waals surface area contributed by atoms with Crippen LogP contribution >= 0.6 is 11.8 Å². The number of nitrogens with one attached hydrogen (secondary N) is 7. The van der Waals surface area contributed by atoms with Gasteiger partial charge in [-0.05, 0) is 80.9 Å². The zero-order valence-corrected chi connectivity index (χ0v) is 42.6. The summed E-state index contributed by atoms with van der Waals surface area (Å²) in [6, 6.07) is -2.22. The van der Waals surface area contributed by atoms with E-state index in [4.69, 9.17) is 17.2 Å². The lowest BCUT2D eigenvalue weighted by Gasteiger charge is -2.31. The maximum Gasteiger partial charge on any atom is 0.326 e. The molecule has 0 saturated carbocycles. The predicted octanol–water partition coefficient (Wildman–Crippen LogP) is -2.02. The monoisotopic (exact) mass is 1030 g/mol. The van der Waals surface area contributed by atoms with E-state index in [2.05, 4.69) is 37.2 Å². The number of aliphatic carboxylic acids is 2. The molecular formula is C47H75N11O13S. The smallest absolute Gasteiger partial charge is 0.326 e. The van der Waals surface area contributed by atoms with Gasteiger partial charge in [-0.2, -0.15) is 11.8 Å². The van der Waals surface area contributed by atoms with Crippen LogP contribution in [0.1, 0.15) is 97.5 Å². The minimum atomic E-state index is -1.63. The number of primary amides is 1. The number of amides is 9. The van der Waals surface area contributed by atoms with E-state index in [0.29, 0.717) is 37.0 Å². The van der Waals surface area contributed by atoms with E-state index in [1.165, 1.54) is 16.7 Å². The van der Waals surface area contributed by atoms with Crippen molar-refractivity contribution in [3.63, 3.8) is 0 Å². The minimum absolute atomic E-state index is 0.0188. The average Bonchev–Trinajstić information content (AvgIpc) is 3.84. The highest BCUT2D eigenvalue weighted by Gasteiger charge is 2.41. The number of nitrogens with zero attached hydrogens (tertiary/aromatic N) is 1. The molecule has 1 fully saturated rings. The molecule has 1 heterocycles. The summed E-state index contributed by atoms with van der Waals surface area (Å²) in [5, 5.41) is 37.2. The number of hydrogen-bond donors (Lipinski definition) is 12. The van der Waals surface area contributed by atoms with Gasteiger partial charge in [0, 0.05) is 19.4 Å². The van der Waals surface area contributed by atoms with Crippen molar-refractivity contribution in [1.29, 1.82) is 0 Å². The number of likely N-dealkylation sites (tertiary alicyclic amines) is 1. The summed E-state index contributed by atoms with van der Waals surface area (Å²) in [6.45, 7) is 6.49. The van der Waals surface area contributed by atoms with Crippen LogP contribution in [0, 0.1) is 11.8 Å². The number of benzene rings is 1. The number of unbranched alkanes of at least 4 members (excludes halogenated alkanes) is 1. The van der Waals surface area contributed by atoms with Crippen LogP contribution in [-0.4, -0.2) is 160 Å². The topological polar surface area (TPSA) is 394 Å². The normalized spacial score (nSPS) is 16.6. The van der Waals surface area contributed by atoms with Crippen LogP contribution in [0.15, 0.2) is 30.3 Å². The number of carboxylic acid groups (broad SMARTS) is 2. The van der Waals surface area contributed by atoms with Crippen LogP contribution < -0.4 is 54.4 Å². The van der Waals surface area contributed by atoms with Crippen LogP contribution in [0.25, 0.3) is 0 Å². The molecule has 24 nitrogen and oxygen atoms in total. The van der Waals surface area contributed by atoms with Gasteiger partial charge >= 0.3 is 11.9 Å². The van der Waals surface area contributed by atoms with Gasteiger partial charge in [0.2, 0.25) is 53.2 Å². The summed E-state index contributed by atoms with van der Waals surface area (Å²) in [6.07, 6.45) is 1.82. The third-order valence-electron chi connectivity index (χ3n) is 12.1. The van der Waals surface area contributed by atoms with Gasteiger partial charge < -0.3 is 69.5 Å². The molecule has 9 atom stereocenters. The van der Waals surface area contributed by atoms with Gasteiger partial charge in [0.25, 0.3) is 0 Å². The quantitative estimate of drug-likeness (QED) is 0.0338. The summed E-state index contributed by atoms with van der Waals surface area (Å²) < 4.78 is 0. The molecule has 0 radical (unpaired) electrons. The molecule has 72 heavy (non-hydrogen) atoms. The molecule has 9 amide bonds. The van der Waals surface area contributed by atoms with E-state index in [1.54, 1.807) is 58.0 Å².